The Kier molecular flexibility index (Phi) is 4.42. The molecule has 0 atom stereocenters. The van der Waals surface area contributed by atoms with Crippen molar-refractivity contribution >= 4 is 5.97 Å². The van der Waals surface area contributed by atoms with Gasteiger partial charge in [0, 0.05) is 6.08 Å². The van der Waals surface area contributed by atoms with E-state index in [0.29, 0.717) is 16.8 Å². The normalized spacial score (nSPS) is 11.7. The van der Waals surface area contributed by atoms with E-state index in [1.165, 1.54) is 6.08 Å². The fourth-order valence-electron chi connectivity index (χ4n) is 0.874. The molecule has 13 heavy (non-hydrogen) atoms. The van der Waals surface area contributed by atoms with Gasteiger partial charge < -0.3 is 9.22 Å². The molecule has 0 bridgehead atoms. The number of rotatable bonds is 4. The Morgan fingerprint density at radius 1 is 1.46 bits per heavy atom. The van der Waals surface area contributed by atoms with Gasteiger partial charge in [-0.05, 0) is 6.92 Å². The minimum atomic E-state index is -0.360. The first-order valence-electron chi connectivity index (χ1n) is 4.18. The lowest BCUT2D eigenvalue weighted by molar-refractivity contribution is -0.866. The third-order valence-corrected chi connectivity index (χ3v) is 1.20. The van der Waals surface area contributed by atoms with Gasteiger partial charge in [-0.3, -0.25) is 0 Å². The van der Waals surface area contributed by atoms with Crippen LogP contribution in [0.5, 0.6) is 0 Å². The number of quaternary nitrogens is 1. The summed E-state index contributed by atoms with van der Waals surface area (Å²) in [5.41, 5.74) is 0. The standard InChI is InChI=1S/C10H18NO2/c1-6-7-10(12)13-9(2)8-11(3,4)5/h6-7H,2,8H2,1,3-5H3/q+1. The Morgan fingerprint density at radius 3 is 2.38 bits per heavy atom. The van der Waals surface area contributed by atoms with Gasteiger partial charge in [-0.25, -0.2) is 4.79 Å². The van der Waals surface area contributed by atoms with Crippen molar-refractivity contribution in [3.05, 3.63) is 24.5 Å². The number of ether oxygens (including phenoxy) is 1. The molecule has 0 aliphatic carbocycles. The minimum absolute atomic E-state index is 0.360. The van der Waals surface area contributed by atoms with E-state index < -0.39 is 0 Å². The summed E-state index contributed by atoms with van der Waals surface area (Å²) >= 11 is 0. The van der Waals surface area contributed by atoms with E-state index in [1.807, 2.05) is 21.1 Å². The molecule has 0 radical (unpaired) electrons. The van der Waals surface area contributed by atoms with Gasteiger partial charge in [-0.15, -0.1) is 0 Å². The molecule has 74 valence electrons. The van der Waals surface area contributed by atoms with Crippen molar-refractivity contribution in [2.24, 2.45) is 0 Å². The first kappa shape index (κ1) is 11.9. The number of allylic oxidation sites excluding steroid dienone is 1. The third-order valence-electron chi connectivity index (χ3n) is 1.20. The Morgan fingerprint density at radius 2 is 2.00 bits per heavy atom. The SMILES string of the molecule is C=C(C[N+](C)(C)C)OC(=O)C=CC. The van der Waals surface area contributed by atoms with Crippen molar-refractivity contribution in [1.29, 1.82) is 0 Å². The first-order chi connectivity index (χ1) is 5.85. The summed E-state index contributed by atoms with van der Waals surface area (Å²) < 4.78 is 5.63. The van der Waals surface area contributed by atoms with Gasteiger partial charge in [0.1, 0.15) is 6.54 Å². The molecule has 0 fully saturated rings. The maximum atomic E-state index is 11.0. The van der Waals surface area contributed by atoms with E-state index in [9.17, 15) is 4.79 Å². The highest BCUT2D eigenvalue weighted by molar-refractivity contribution is 5.82. The number of likely N-dealkylation sites (N-methyl/N-ethyl adjacent to an activating group) is 1. The zero-order valence-electron chi connectivity index (χ0n) is 8.83. The van der Waals surface area contributed by atoms with Crippen LogP contribution in [0.4, 0.5) is 0 Å². The first-order valence-corrected chi connectivity index (χ1v) is 4.18. The highest BCUT2D eigenvalue weighted by atomic mass is 16.5. The summed E-state index contributed by atoms with van der Waals surface area (Å²) in [7, 11) is 6.03. The quantitative estimate of drug-likeness (QED) is 0.285. The smallest absolute Gasteiger partial charge is 0.335 e. The second kappa shape index (κ2) is 4.82. The largest absolute Gasteiger partial charge is 0.422 e. The molecular formula is C10H18NO2+. The lowest BCUT2D eigenvalue weighted by Gasteiger charge is -2.23. The van der Waals surface area contributed by atoms with Crippen LogP contribution < -0.4 is 0 Å². The van der Waals surface area contributed by atoms with Gasteiger partial charge in [0.25, 0.3) is 0 Å². The molecule has 3 heteroatoms. The summed E-state index contributed by atoms with van der Waals surface area (Å²) in [5.74, 6) is 0.136. The zero-order chi connectivity index (χ0) is 10.5. The molecule has 0 saturated heterocycles. The molecule has 0 unspecified atom stereocenters. The van der Waals surface area contributed by atoms with Crippen LogP contribution in [0.2, 0.25) is 0 Å². The van der Waals surface area contributed by atoms with Gasteiger partial charge in [-0.1, -0.05) is 12.7 Å². The summed E-state index contributed by atoms with van der Waals surface area (Å²) in [5, 5.41) is 0. The van der Waals surface area contributed by atoms with E-state index in [1.54, 1.807) is 13.0 Å². The molecule has 0 amide bonds. The topological polar surface area (TPSA) is 26.3 Å². The van der Waals surface area contributed by atoms with Crippen LogP contribution in [0.25, 0.3) is 0 Å². The van der Waals surface area contributed by atoms with Gasteiger partial charge >= 0.3 is 5.97 Å². The van der Waals surface area contributed by atoms with Crippen LogP contribution in [0, 0.1) is 0 Å². The molecular weight excluding hydrogens is 166 g/mol. The van der Waals surface area contributed by atoms with E-state index in [-0.39, 0.29) is 5.97 Å². The molecule has 3 nitrogen and oxygen atoms in total. The highest BCUT2D eigenvalue weighted by Gasteiger charge is 2.11. The van der Waals surface area contributed by atoms with Crippen LogP contribution in [0.15, 0.2) is 24.5 Å². The summed E-state index contributed by atoms with van der Waals surface area (Å²) in [4.78, 5) is 11.0. The monoisotopic (exact) mass is 184 g/mol. The predicted octanol–water partition coefficient (Wildman–Crippen LogP) is 1.33. The van der Waals surface area contributed by atoms with Gasteiger partial charge in [0.05, 0.1) is 21.1 Å². The molecule has 0 aliphatic rings. The Bertz CT molecular complexity index is 224. The number of hydrogen-bond donors (Lipinski definition) is 0. The average Bonchev–Trinajstić information content (AvgIpc) is 1.81. The van der Waals surface area contributed by atoms with E-state index in [4.69, 9.17) is 4.74 Å². The lowest BCUT2D eigenvalue weighted by Crippen LogP contribution is -2.36. The second-order valence-electron chi connectivity index (χ2n) is 3.91. The van der Waals surface area contributed by atoms with Gasteiger partial charge in [0.2, 0.25) is 0 Å². The molecule has 0 heterocycles. The van der Waals surface area contributed by atoms with E-state index in [0.717, 1.165) is 0 Å². The third kappa shape index (κ3) is 7.28. The molecule has 0 aromatic carbocycles. The maximum Gasteiger partial charge on any atom is 0.335 e. The Hall–Kier alpha value is -1.09. The predicted molar refractivity (Wildman–Crippen MR) is 52.9 cm³/mol. The number of carbonyl (C=O) groups is 1. The molecule has 0 rings (SSSR count). The van der Waals surface area contributed by atoms with Crippen molar-refractivity contribution in [3.63, 3.8) is 0 Å². The van der Waals surface area contributed by atoms with Crippen LogP contribution in [-0.2, 0) is 9.53 Å². The van der Waals surface area contributed by atoms with Crippen LogP contribution >= 0.6 is 0 Å². The second-order valence-corrected chi connectivity index (χ2v) is 3.91. The molecule has 0 spiro atoms. The molecule has 0 saturated carbocycles. The summed E-state index contributed by atoms with van der Waals surface area (Å²) in [6.07, 6.45) is 3.02. The van der Waals surface area contributed by atoms with Crippen molar-refractivity contribution in [2.75, 3.05) is 27.7 Å². The molecule has 0 N–H and O–H groups in total. The minimum Gasteiger partial charge on any atom is -0.422 e. The molecule has 0 aromatic heterocycles. The summed E-state index contributed by atoms with van der Waals surface area (Å²) in [6, 6.07) is 0. The van der Waals surface area contributed by atoms with Crippen molar-refractivity contribution < 1.29 is 14.0 Å². The number of esters is 1. The fourth-order valence-corrected chi connectivity index (χ4v) is 0.874. The Labute approximate surface area is 79.9 Å². The van der Waals surface area contributed by atoms with Crippen molar-refractivity contribution in [3.8, 4) is 0 Å². The summed E-state index contributed by atoms with van der Waals surface area (Å²) in [6.45, 7) is 6.07. The van der Waals surface area contributed by atoms with Crippen molar-refractivity contribution in [2.45, 2.75) is 6.92 Å². The average molecular weight is 184 g/mol. The van der Waals surface area contributed by atoms with Crippen LogP contribution in [-0.4, -0.2) is 38.1 Å². The zero-order valence-corrected chi connectivity index (χ0v) is 8.83. The van der Waals surface area contributed by atoms with Gasteiger partial charge in [-0.2, -0.15) is 0 Å². The highest BCUT2D eigenvalue weighted by Crippen LogP contribution is 2.01. The van der Waals surface area contributed by atoms with E-state index >= 15 is 0 Å². The lowest BCUT2D eigenvalue weighted by atomic mass is 10.4. The fraction of sp³-hybridized carbons (Fsp3) is 0.500. The number of nitrogens with zero attached hydrogens (tertiary/aromatic N) is 1. The van der Waals surface area contributed by atoms with Crippen LogP contribution in [0.1, 0.15) is 6.92 Å². The van der Waals surface area contributed by atoms with Crippen molar-refractivity contribution in [1.82, 2.24) is 0 Å². The van der Waals surface area contributed by atoms with Crippen LogP contribution in [0.3, 0.4) is 0 Å². The Balaban J connectivity index is 3.96. The number of hydrogen-bond acceptors (Lipinski definition) is 2. The van der Waals surface area contributed by atoms with E-state index in [2.05, 4.69) is 6.58 Å². The number of carbonyl (C=O) groups excluding carboxylic acids is 1. The maximum absolute atomic E-state index is 11.0. The van der Waals surface area contributed by atoms with Gasteiger partial charge in [0.15, 0.2) is 5.76 Å². The molecule has 0 aromatic rings. The molecule has 0 aliphatic heterocycles.